The summed E-state index contributed by atoms with van der Waals surface area (Å²) in [6.07, 6.45) is 16.9. The van der Waals surface area contributed by atoms with E-state index in [0.717, 1.165) is 60.2 Å². The van der Waals surface area contributed by atoms with E-state index >= 15 is 0 Å². The third-order valence-corrected chi connectivity index (χ3v) is 9.38. The molecule has 3 saturated carbocycles. The van der Waals surface area contributed by atoms with Crippen molar-refractivity contribution in [2.45, 2.75) is 91.6 Å². The summed E-state index contributed by atoms with van der Waals surface area (Å²) < 4.78 is 0. The monoisotopic (exact) mass is 370 g/mol. The zero-order chi connectivity index (χ0) is 19.1. The largest absolute Gasteiger partial charge is 0.393 e. The summed E-state index contributed by atoms with van der Waals surface area (Å²) in [5.74, 6) is 7.08. The van der Waals surface area contributed by atoms with E-state index in [1.165, 1.54) is 44.9 Å². The maximum atomic E-state index is 10.1. The molecule has 0 aromatic heterocycles. The molecule has 1 heteroatoms. The van der Waals surface area contributed by atoms with E-state index in [1.807, 2.05) is 0 Å². The first-order valence-corrected chi connectivity index (χ1v) is 12.0. The molecule has 152 valence electrons. The van der Waals surface area contributed by atoms with Crippen LogP contribution in [0.4, 0.5) is 0 Å². The highest BCUT2D eigenvalue weighted by molar-refractivity contribution is 5.19. The quantitative estimate of drug-likeness (QED) is 0.541. The molecule has 0 spiro atoms. The van der Waals surface area contributed by atoms with Crippen molar-refractivity contribution in [2.24, 2.45) is 47.3 Å². The summed E-state index contributed by atoms with van der Waals surface area (Å²) in [6, 6.07) is 0. The van der Waals surface area contributed by atoms with Crippen molar-refractivity contribution in [2.75, 3.05) is 0 Å². The van der Waals surface area contributed by atoms with Crippen LogP contribution >= 0.6 is 0 Å². The first-order valence-electron chi connectivity index (χ1n) is 12.0. The lowest BCUT2D eigenvalue weighted by atomic mass is 9.56. The van der Waals surface area contributed by atoms with Crippen molar-refractivity contribution in [1.29, 1.82) is 0 Å². The number of aliphatic hydroxyl groups is 1. The average molecular weight is 371 g/mol. The predicted molar refractivity (Wildman–Crippen MR) is 114 cm³/mol. The van der Waals surface area contributed by atoms with Crippen molar-refractivity contribution in [3.8, 4) is 0 Å². The highest BCUT2D eigenvalue weighted by Crippen LogP contribution is 2.58. The van der Waals surface area contributed by atoms with Crippen LogP contribution in [-0.4, -0.2) is 11.2 Å². The Morgan fingerprint density at radius 1 is 1.04 bits per heavy atom. The second-order valence-corrected chi connectivity index (χ2v) is 10.6. The molecule has 0 amide bonds. The lowest BCUT2D eigenvalue weighted by Crippen LogP contribution is -2.42. The maximum absolute atomic E-state index is 10.1. The maximum Gasteiger partial charge on any atom is 0.0577 e. The fourth-order valence-electron chi connectivity index (χ4n) is 7.63. The van der Waals surface area contributed by atoms with Crippen LogP contribution in [-0.2, 0) is 0 Å². The minimum atomic E-state index is -0.0577. The first kappa shape index (κ1) is 19.7. The van der Waals surface area contributed by atoms with Crippen LogP contribution in [0.5, 0.6) is 0 Å². The second-order valence-electron chi connectivity index (χ2n) is 10.6. The normalized spacial score (nSPS) is 44.0. The van der Waals surface area contributed by atoms with Crippen molar-refractivity contribution in [3.05, 3.63) is 23.3 Å². The average Bonchev–Trinajstić information content (AvgIpc) is 3.11. The van der Waals surface area contributed by atoms with E-state index in [1.54, 1.807) is 11.1 Å². The molecule has 0 saturated heterocycles. The number of rotatable bonds is 4. The van der Waals surface area contributed by atoms with Gasteiger partial charge in [-0.3, -0.25) is 0 Å². The molecule has 4 aliphatic rings. The van der Waals surface area contributed by atoms with Crippen LogP contribution < -0.4 is 0 Å². The summed E-state index contributed by atoms with van der Waals surface area (Å²) in [5.41, 5.74) is 3.25. The van der Waals surface area contributed by atoms with Crippen molar-refractivity contribution in [3.63, 3.8) is 0 Å². The molecule has 0 heterocycles. The Kier molecular flexibility index (Phi) is 5.89. The smallest absolute Gasteiger partial charge is 0.0577 e. The molecule has 9 atom stereocenters. The van der Waals surface area contributed by atoms with Crippen molar-refractivity contribution < 1.29 is 5.11 Å². The zero-order valence-electron chi connectivity index (χ0n) is 18.2. The molecule has 0 aromatic rings. The Bertz CT molecular complexity index is 587. The minimum absolute atomic E-state index is 0.0577. The summed E-state index contributed by atoms with van der Waals surface area (Å²) in [7, 11) is 0. The Hall–Kier alpha value is -0.560. The lowest BCUT2D eigenvalue weighted by molar-refractivity contribution is 0.0311. The fourth-order valence-corrected chi connectivity index (χ4v) is 7.63. The van der Waals surface area contributed by atoms with Gasteiger partial charge in [0.05, 0.1) is 6.10 Å². The predicted octanol–water partition coefficient (Wildman–Crippen LogP) is 6.77. The highest BCUT2D eigenvalue weighted by atomic mass is 16.3. The zero-order valence-corrected chi connectivity index (χ0v) is 18.2. The Morgan fingerprint density at radius 2 is 1.78 bits per heavy atom. The van der Waals surface area contributed by atoms with Crippen LogP contribution in [0, 0.1) is 47.3 Å². The third-order valence-electron chi connectivity index (χ3n) is 9.38. The lowest BCUT2D eigenvalue weighted by Gasteiger charge is -2.49. The van der Waals surface area contributed by atoms with Crippen LogP contribution in [0.1, 0.15) is 85.5 Å². The van der Waals surface area contributed by atoms with Gasteiger partial charge in [0.2, 0.25) is 0 Å². The van der Waals surface area contributed by atoms with E-state index in [9.17, 15) is 5.11 Å². The highest BCUT2D eigenvalue weighted by Gasteiger charge is 2.50. The van der Waals surface area contributed by atoms with Gasteiger partial charge in [0.25, 0.3) is 0 Å². The minimum Gasteiger partial charge on any atom is -0.393 e. The van der Waals surface area contributed by atoms with Gasteiger partial charge in [-0.2, -0.15) is 0 Å². The molecule has 4 rings (SSSR count). The van der Waals surface area contributed by atoms with E-state index in [0.29, 0.717) is 0 Å². The van der Waals surface area contributed by atoms with Crippen molar-refractivity contribution in [1.82, 2.24) is 0 Å². The molecular weight excluding hydrogens is 328 g/mol. The van der Waals surface area contributed by atoms with Crippen LogP contribution in [0.2, 0.25) is 0 Å². The first-order chi connectivity index (χ1) is 13.0. The van der Waals surface area contributed by atoms with Crippen LogP contribution in [0.25, 0.3) is 0 Å². The molecule has 9 unspecified atom stereocenters. The Labute approximate surface area is 167 Å². The van der Waals surface area contributed by atoms with Gasteiger partial charge in [0, 0.05) is 0 Å². The van der Waals surface area contributed by atoms with Crippen molar-refractivity contribution >= 4 is 0 Å². The second kappa shape index (κ2) is 8.05. The summed E-state index contributed by atoms with van der Waals surface area (Å²) in [4.78, 5) is 0. The summed E-state index contributed by atoms with van der Waals surface area (Å²) >= 11 is 0. The van der Waals surface area contributed by atoms with Gasteiger partial charge in [0.15, 0.2) is 0 Å². The van der Waals surface area contributed by atoms with Gasteiger partial charge >= 0.3 is 0 Å². The fraction of sp³-hybridized carbons (Fsp3) is 0.846. The Morgan fingerprint density at radius 3 is 2.56 bits per heavy atom. The van der Waals surface area contributed by atoms with Gasteiger partial charge < -0.3 is 5.11 Å². The molecule has 1 nitrogen and oxygen atoms in total. The summed E-state index contributed by atoms with van der Waals surface area (Å²) in [6.45, 7) is 9.56. The molecule has 0 bridgehead atoms. The number of allylic oxidation sites excluding steroid dienone is 3. The van der Waals surface area contributed by atoms with E-state index in [-0.39, 0.29) is 6.10 Å². The van der Waals surface area contributed by atoms with E-state index in [4.69, 9.17) is 0 Å². The number of hydrogen-bond acceptors (Lipinski definition) is 1. The van der Waals surface area contributed by atoms with Gasteiger partial charge in [-0.05, 0) is 112 Å². The number of hydrogen-bond donors (Lipinski definition) is 1. The van der Waals surface area contributed by atoms with Gasteiger partial charge in [-0.15, -0.1) is 0 Å². The van der Waals surface area contributed by atoms with E-state index in [2.05, 4.69) is 39.8 Å². The van der Waals surface area contributed by atoms with Gasteiger partial charge in [0.1, 0.15) is 0 Å². The molecule has 27 heavy (non-hydrogen) atoms. The Balaban J connectivity index is 1.46. The van der Waals surface area contributed by atoms with Crippen LogP contribution in [0.3, 0.4) is 0 Å². The molecule has 0 aliphatic heterocycles. The molecule has 3 fully saturated rings. The third kappa shape index (κ3) is 3.70. The number of aliphatic hydroxyl groups excluding tert-OH is 1. The molecule has 1 N–H and O–H groups in total. The molecule has 0 aromatic carbocycles. The number of fused-ring (bicyclic) bond motifs is 5. The topological polar surface area (TPSA) is 20.2 Å². The molecule has 4 aliphatic carbocycles. The van der Waals surface area contributed by atoms with E-state index < -0.39 is 0 Å². The standard InChI is InChI=1S/C26H42O/c1-5-16(2)17(3)14-18(4)21-10-11-26-23(21)12-13-24-22-9-7-20(27)15-19(22)6-8-25(24)26/h6,14,16,18,20-27H,5,7-13,15H2,1-4H3. The molecular formula is C26H42O. The SMILES string of the molecule is CCC(C)C(C)=CC(C)C1CCC2C1CCC1C3CCC(O)CC3=CCC12. The van der Waals surface area contributed by atoms with Gasteiger partial charge in [-0.25, -0.2) is 0 Å². The summed E-state index contributed by atoms with van der Waals surface area (Å²) in [5, 5.41) is 10.1. The van der Waals surface area contributed by atoms with Crippen LogP contribution in [0.15, 0.2) is 23.3 Å². The van der Waals surface area contributed by atoms with Gasteiger partial charge in [-0.1, -0.05) is 44.1 Å². The molecule has 0 radical (unpaired) electrons.